The maximum atomic E-state index is 12.6. The van der Waals surface area contributed by atoms with E-state index in [1.807, 2.05) is 0 Å². The van der Waals surface area contributed by atoms with Crippen LogP contribution in [0.25, 0.3) is 0 Å². The van der Waals surface area contributed by atoms with Gasteiger partial charge in [0, 0.05) is 37.9 Å². The highest BCUT2D eigenvalue weighted by molar-refractivity contribution is 5.98. The number of nitro benzene ring substituents is 1. The van der Waals surface area contributed by atoms with E-state index in [4.69, 9.17) is 9.84 Å². The number of carboxylic acids is 1. The Balaban J connectivity index is 2.22. The number of hydrogen-bond acceptors (Lipinski definition) is 5. The Morgan fingerprint density at radius 1 is 1.21 bits per heavy atom. The number of amides is 1. The molecule has 0 aliphatic heterocycles. The Morgan fingerprint density at radius 3 is 2.29 bits per heavy atom. The van der Waals surface area contributed by atoms with E-state index in [0.717, 1.165) is 37.8 Å². The van der Waals surface area contributed by atoms with Crippen LogP contribution in [0.4, 0.5) is 5.69 Å². The lowest BCUT2D eigenvalue weighted by atomic mass is 9.91. The molecule has 24 heavy (non-hydrogen) atoms. The highest BCUT2D eigenvalue weighted by Gasteiger charge is 2.28. The monoisotopic (exact) mass is 336 g/mol. The SMILES string of the molecule is COC1CCC(N(C)C(=O)c2cc(C(=O)O)cc([N+](=O)[O-])c2)CC1. The van der Waals surface area contributed by atoms with E-state index in [-0.39, 0.29) is 23.3 Å². The summed E-state index contributed by atoms with van der Waals surface area (Å²) in [7, 11) is 3.30. The summed E-state index contributed by atoms with van der Waals surface area (Å²) in [6.45, 7) is 0. The number of nitro groups is 1. The third-order valence-corrected chi connectivity index (χ3v) is 4.47. The zero-order chi connectivity index (χ0) is 17.9. The molecule has 130 valence electrons. The molecule has 0 atom stereocenters. The summed E-state index contributed by atoms with van der Waals surface area (Å²) < 4.78 is 5.30. The smallest absolute Gasteiger partial charge is 0.335 e. The van der Waals surface area contributed by atoms with Gasteiger partial charge in [0.2, 0.25) is 0 Å². The van der Waals surface area contributed by atoms with Gasteiger partial charge in [0.15, 0.2) is 0 Å². The van der Waals surface area contributed by atoms with Crippen LogP contribution in [-0.2, 0) is 4.74 Å². The van der Waals surface area contributed by atoms with Gasteiger partial charge in [-0.1, -0.05) is 0 Å². The van der Waals surface area contributed by atoms with E-state index in [1.54, 1.807) is 14.2 Å². The van der Waals surface area contributed by atoms with E-state index in [0.29, 0.717) is 0 Å². The van der Waals surface area contributed by atoms with Gasteiger partial charge in [-0.3, -0.25) is 14.9 Å². The van der Waals surface area contributed by atoms with Crippen molar-refractivity contribution in [3.05, 3.63) is 39.4 Å². The number of ether oxygens (including phenoxy) is 1. The molecule has 1 aliphatic rings. The molecule has 1 aromatic carbocycles. The molecule has 1 fully saturated rings. The molecule has 0 aromatic heterocycles. The maximum absolute atomic E-state index is 12.6. The minimum Gasteiger partial charge on any atom is -0.478 e. The first-order chi connectivity index (χ1) is 11.3. The van der Waals surface area contributed by atoms with E-state index in [9.17, 15) is 19.7 Å². The van der Waals surface area contributed by atoms with Crippen molar-refractivity contribution in [3.8, 4) is 0 Å². The molecule has 1 aromatic rings. The molecule has 0 saturated heterocycles. The average Bonchev–Trinajstić information content (AvgIpc) is 2.60. The van der Waals surface area contributed by atoms with Gasteiger partial charge in [-0.2, -0.15) is 0 Å². The van der Waals surface area contributed by atoms with Gasteiger partial charge in [-0.15, -0.1) is 0 Å². The van der Waals surface area contributed by atoms with Crippen LogP contribution in [0.2, 0.25) is 0 Å². The van der Waals surface area contributed by atoms with Crippen LogP contribution in [0.5, 0.6) is 0 Å². The van der Waals surface area contributed by atoms with Gasteiger partial charge < -0.3 is 14.7 Å². The lowest BCUT2D eigenvalue weighted by Gasteiger charge is -2.34. The number of carbonyl (C=O) groups excluding carboxylic acids is 1. The zero-order valence-corrected chi connectivity index (χ0v) is 13.6. The predicted molar refractivity (Wildman–Crippen MR) is 85.2 cm³/mol. The Hall–Kier alpha value is -2.48. The van der Waals surface area contributed by atoms with Crippen molar-refractivity contribution in [2.45, 2.75) is 37.8 Å². The third kappa shape index (κ3) is 3.88. The summed E-state index contributed by atoms with van der Waals surface area (Å²) in [4.78, 5) is 35.6. The van der Waals surface area contributed by atoms with Gasteiger partial charge in [-0.25, -0.2) is 4.79 Å². The lowest BCUT2D eigenvalue weighted by Crippen LogP contribution is -2.40. The largest absolute Gasteiger partial charge is 0.478 e. The van der Waals surface area contributed by atoms with E-state index >= 15 is 0 Å². The Labute approximate surface area is 139 Å². The van der Waals surface area contributed by atoms with Crippen LogP contribution in [0.3, 0.4) is 0 Å². The van der Waals surface area contributed by atoms with Crippen LogP contribution < -0.4 is 0 Å². The molecule has 8 nitrogen and oxygen atoms in total. The quantitative estimate of drug-likeness (QED) is 0.652. The standard InChI is InChI=1S/C16H20N2O6/c1-17(12-3-5-14(24-2)6-4-12)15(19)10-7-11(16(20)21)9-13(8-10)18(22)23/h7-9,12,14H,3-6H2,1-2H3,(H,20,21). The number of benzene rings is 1. The summed E-state index contributed by atoms with van der Waals surface area (Å²) in [5.74, 6) is -1.72. The fourth-order valence-corrected chi connectivity index (χ4v) is 3.00. The number of nitrogens with zero attached hydrogens (tertiary/aromatic N) is 2. The number of aromatic carboxylic acids is 1. The summed E-state index contributed by atoms with van der Waals surface area (Å²) >= 11 is 0. The second-order valence-electron chi connectivity index (χ2n) is 5.91. The first kappa shape index (κ1) is 17.9. The Morgan fingerprint density at radius 2 is 1.79 bits per heavy atom. The van der Waals surface area contributed by atoms with Crippen LogP contribution in [0.1, 0.15) is 46.4 Å². The summed E-state index contributed by atoms with van der Waals surface area (Å²) in [6, 6.07) is 3.25. The molecule has 2 rings (SSSR count). The van der Waals surface area contributed by atoms with Crippen molar-refractivity contribution in [1.82, 2.24) is 4.90 Å². The zero-order valence-electron chi connectivity index (χ0n) is 13.6. The highest BCUT2D eigenvalue weighted by Crippen LogP contribution is 2.26. The van der Waals surface area contributed by atoms with Gasteiger partial charge in [-0.05, 0) is 31.7 Å². The summed E-state index contributed by atoms with van der Waals surface area (Å²) in [5.41, 5.74) is -0.670. The predicted octanol–water partition coefficient (Wildman–Crippen LogP) is 2.32. The molecule has 0 bridgehead atoms. The molecule has 0 heterocycles. The molecule has 0 radical (unpaired) electrons. The molecule has 0 unspecified atom stereocenters. The topological polar surface area (TPSA) is 110 Å². The number of rotatable bonds is 5. The molecule has 1 amide bonds. The van der Waals surface area contributed by atoms with Gasteiger partial charge in [0.25, 0.3) is 11.6 Å². The molecular formula is C16H20N2O6. The van der Waals surface area contributed by atoms with Crippen LogP contribution in [-0.4, -0.2) is 53.1 Å². The minimum absolute atomic E-state index is 0.0106. The number of methoxy groups -OCH3 is 1. The second kappa shape index (κ2) is 7.39. The summed E-state index contributed by atoms with van der Waals surface area (Å²) in [5, 5.41) is 20.0. The molecule has 1 N–H and O–H groups in total. The van der Waals surface area contributed by atoms with Crippen molar-refractivity contribution < 1.29 is 24.4 Å². The maximum Gasteiger partial charge on any atom is 0.335 e. The van der Waals surface area contributed by atoms with Crippen LogP contribution in [0.15, 0.2) is 18.2 Å². The van der Waals surface area contributed by atoms with Crippen molar-refractivity contribution in [2.24, 2.45) is 0 Å². The van der Waals surface area contributed by atoms with E-state index < -0.39 is 22.5 Å². The van der Waals surface area contributed by atoms with Crippen molar-refractivity contribution in [2.75, 3.05) is 14.2 Å². The minimum atomic E-state index is -1.31. The molecule has 1 aliphatic carbocycles. The van der Waals surface area contributed by atoms with Crippen molar-refractivity contribution >= 4 is 17.6 Å². The van der Waals surface area contributed by atoms with Crippen LogP contribution >= 0.6 is 0 Å². The number of carboxylic acid groups (broad SMARTS) is 1. The molecule has 1 saturated carbocycles. The fourth-order valence-electron chi connectivity index (χ4n) is 3.00. The number of carbonyl (C=O) groups is 2. The summed E-state index contributed by atoms with van der Waals surface area (Å²) in [6.07, 6.45) is 3.44. The van der Waals surface area contributed by atoms with Crippen molar-refractivity contribution in [1.29, 1.82) is 0 Å². The highest BCUT2D eigenvalue weighted by atomic mass is 16.6. The van der Waals surface area contributed by atoms with Crippen LogP contribution in [0, 0.1) is 10.1 Å². The average molecular weight is 336 g/mol. The normalized spacial score (nSPS) is 20.4. The Kier molecular flexibility index (Phi) is 5.50. The van der Waals surface area contributed by atoms with Gasteiger partial charge in [0.1, 0.15) is 0 Å². The van der Waals surface area contributed by atoms with Gasteiger partial charge >= 0.3 is 5.97 Å². The molecule has 0 spiro atoms. The second-order valence-corrected chi connectivity index (χ2v) is 5.91. The lowest BCUT2D eigenvalue weighted by molar-refractivity contribution is -0.384. The van der Waals surface area contributed by atoms with Gasteiger partial charge in [0.05, 0.1) is 16.6 Å². The molecule has 8 heteroatoms. The Bertz CT molecular complexity index is 620. The third-order valence-electron chi connectivity index (χ3n) is 4.47. The number of non-ortho nitro benzene ring substituents is 1. The fraction of sp³-hybridized carbons (Fsp3) is 0.500. The number of hydrogen-bond donors (Lipinski definition) is 1. The van der Waals surface area contributed by atoms with E-state index in [2.05, 4.69) is 0 Å². The molecular weight excluding hydrogens is 316 g/mol. The van der Waals surface area contributed by atoms with Crippen molar-refractivity contribution in [3.63, 3.8) is 0 Å². The first-order valence-electron chi connectivity index (χ1n) is 7.66. The van der Waals surface area contributed by atoms with E-state index in [1.165, 1.54) is 11.0 Å². The first-order valence-corrected chi connectivity index (χ1v) is 7.66.